The first-order valence-electron chi connectivity index (χ1n) is 11.2. The molecule has 35 heavy (non-hydrogen) atoms. The SMILES string of the molecule is CCCN1C=C(C)N2C=C(SC)NN2C1Cc1ccc(NC(=O)c2ccccc2S(=O)(=O)O)cc1. The minimum Gasteiger partial charge on any atom is -0.357 e. The molecule has 0 radical (unpaired) electrons. The van der Waals surface area contributed by atoms with Gasteiger partial charge in [-0.15, -0.1) is 16.9 Å². The van der Waals surface area contributed by atoms with E-state index in [2.05, 4.69) is 52.0 Å². The highest BCUT2D eigenvalue weighted by atomic mass is 32.2. The molecule has 1 amide bonds. The van der Waals surface area contributed by atoms with Crippen molar-refractivity contribution in [3.63, 3.8) is 0 Å². The molecule has 0 fully saturated rings. The minimum absolute atomic E-state index is 0.0571. The number of amides is 1. The molecule has 0 spiro atoms. The molecule has 2 heterocycles. The second kappa shape index (κ2) is 10.3. The van der Waals surface area contributed by atoms with E-state index in [0.717, 1.165) is 35.7 Å². The summed E-state index contributed by atoms with van der Waals surface area (Å²) in [7, 11) is -4.51. The van der Waals surface area contributed by atoms with E-state index >= 15 is 0 Å². The lowest BCUT2D eigenvalue weighted by Gasteiger charge is -2.45. The van der Waals surface area contributed by atoms with Crippen molar-refractivity contribution in [1.82, 2.24) is 20.5 Å². The highest BCUT2D eigenvalue weighted by Gasteiger charge is 2.36. The lowest BCUT2D eigenvalue weighted by atomic mass is 10.1. The summed E-state index contributed by atoms with van der Waals surface area (Å²) in [4.78, 5) is 14.6. The van der Waals surface area contributed by atoms with Crippen LogP contribution in [0.4, 0.5) is 5.69 Å². The summed E-state index contributed by atoms with van der Waals surface area (Å²) in [5, 5.41) is 8.05. The molecule has 2 aliphatic heterocycles. The fraction of sp³-hybridized carbons (Fsp3) is 0.292. The molecule has 0 saturated heterocycles. The summed E-state index contributed by atoms with van der Waals surface area (Å²) in [5.41, 5.74) is 6.11. The first-order valence-corrected chi connectivity index (χ1v) is 13.9. The largest absolute Gasteiger partial charge is 0.357 e. The smallest absolute Gasteiger partial charge is 0.295 e. The van der Waals surface area contributed by atoms with Crippen molar-refractivity contribution in [2.24, 2.45) is 0 Å². The zero-order valence-electron chi connectivity index (χ0n) is 19.8. The zero-order valence-corrected chi connectivity index (χ0v) is 21.4. The van der Waals surface area contributed by atoms with E-state index in [1.54, 1.807) is 30.0 Å². The zero-order chi connectivity index (χ0) is 25.2. The van der Waals surface area contributed by atoms with E-state index in [9.17, 15) is 17.8 Å². The number of hydrogen-bond donors (Lipinski definition) is 3. The lowest BCUT2D eigenvalue weighted by Crippen LogP contribution is -2.59. The van der Waals surface area contributed by atoms with Gasteiger partial charge in [-0.1, -0.05) is 31.2 Å². The van der Waals surface area contributed by atoms with Crippen LogP contribution in [0.2, 0.25) is 0 Å². The number of rotatable bonds is 8. The third kappa shape index (κ3) is 5.48. The van der Waals surface area contributed by atoms with Gasteiger partial charge in [-0.25, -0.2) is 0 Å². The summed E-state index contributed by atoms with van der Waals surface area (Å²) in [6.07, 6.45) is 8.14. The molecule has 1 unspecified atom stereocenters. The Morgan fingerprint density at radius 1 is 1.14 bits per heavy atom. The van der Waals surface area contributed by atoms with Gasteiger partial charge in [0, 0.05) is 30.5 Å². The van der Waals surface area contributed by atoms with Crippen LogP contribution < -0.4 is 10.7 Å². The van der Waals surface area contributed by atoms with Gasteiger partial charge in [0.1, 0.15) is 16.1 Å². The maximum absolute atomic E-state index is 12.7. The second-order valence-electron chi connectivity index (χ2n) is 8.31. The first-order chi connectivity index (χ1) is 16.7. The maximum atomic E-state index is 12.7. The highest BCUT2D eigenvalue weighted by Crippen LogP contribution is 2.31. The fourth-order valence-corrected chi connectivity index (χ4v) is 5.25. The minimum atomic E-state index is -4.51. The number of hydrogen-bond acceptors (Lipinski definition) is 8. The number of carbonyl (C=O) groups excluding carboxylic acids is 1. The third-order valence-electron chi connectivity index (χ3n) is 5.82. The highest BCUT2D eigenvalue weighted by molar-refractivity contribution is 8.02. The van der Waals surface area contributed by atoms with Gasteiger partial charge in [-0.05, 0) is 49.4 Å². The normalized spacial score (nSPS) is 18.0. The van der Waals surface area contributed by atoms with Crippen molar-refractivity contribution in [3.8, 4) is 0 Å². The molecule has 2 aliphatic rings. The van der Waals surface area contributed by atoms with Crippen molar-refractivity contribution in [2.45, 2.75) is 37.8 Å². The van der Waals surface area contributed by atoms with Crippen molar-refractivity contribution in [2.75, 3.05) is 18.1 Å². The Kier molecular flexibility index (Phi) is 7.41. The van der Waals surface area contributed by atoms with Crippen LogP contribution in [-0.4, -0.2) is 52.9 Å². The van der Waals surface area contributed by atoms with Crippen molar-refractivity contribution >= 4 is 33.5 Å². The van der Waals surface area contributed by atoms with Crippen molar-refractivity contribution in [3.05, 3.63) is 82.8 Å². The molecule has 9 nitrogen and oxygen atoms in total. The Morgan fingerprint density at radius 3 is 2.51 bits per heavy atom. The number of anilines is 1. The molecule has 11 heteroatoms. The molecule has 0 aromatic heterocycles. The van der Waals surface area contributed by atoms with E-state index in [-0.39, 0.29) is 11.7 Å². The predicted octanol–water partition coefficient (Wildman–Crippen LogP) is 3.84. The van der Waals surface area contributed by atoms with Crippen LogP contribution in [-0.2, 0) is 16.5 Å². The van der Waals surface area contributed by atoms with Gasteiger partial charge < -0.3 is 10.2 Å². The van der Waals surface area contributed by atoms with E-state index in [1.165, 1.54) is 18.2 Å². The molecule has 3 N–H and O–H groups in total. The Bertz CT molecular complexity index is 1260. The number of fused-ring (bicyclic) bond motifs is 1. The van der Waals surface area contributed by atoms with Crippen molar-refractivity contribution < 1.29 is 17.8 Å². The lowest BCUT2D eigenvalue weighted by molar-refractivity contribution is -0.0858. The quantitative estimate of drug-likeness (QED) is 0.452. The molecule has 4 rings (SSSR count). The summed E-state index contributed by atoms with van der Waals surface area (Å²) in [5.74, 6) is -0.611. The second-order valence-corrected chi connectivity index (χ2v) is 10.6. The summed E-state index contributed by atoms with van der Waals surface area (Å²) in [6, 6.07) is 13.0. The molecular formula is C24H29N5O4S2. The molecular weight excluding hydrogens is 486 g/mol. The summed E-state index contributed by atoms with van der Waals surface area (Å²) >= 11 is 1.66. The topological polar surface area (TPSA) is 105 Å². The van der Waals surface area contributed by atoms with Crippen LogP contribution >= 0.6 is 11.8 Å². The van der Waals surface area contributed by atoms with Crippen molar-refractivity contribution in [1.29, 1.82) is 0 Å². The van der Waals surface area contributed by atoms with Gasteiger partial charge in [-0.2, -0.15) is 8.42 Å². The molecule has 2 aromatic rings. The van der Waals surface area contributed by atoms with Crippen LogP contribution in [0.5, 0.6) is 0 Å². The Balaban J connectivity index is 1.50. The number of hydrazine groups is 2. The number of carbonyl (C=O) groups is 1. The van der Waals surface area contributed by atoms with Gasteiger partial charge in [0.2, 0.25) is 0 Å². The predicted molar refractivity (Wildman–Crippen MR) is 137 cm³/mol. The van der Waals surface area contributed by atoms with Gasteiger partial charge >= 0.3 is 0 Å². The third-order valence-corrected chi connectivity index (χ3v) is 7.37. The average molecular weight is 516 g/mol. The monoisotopic (exact) mass is 515 g/mol. The van der Waals surface area contributed by atoms with Crippen LogP contribution in [0, 0.1) is 0 Å². The van der Waals surface area contributed by atoms with Crippen LogP contribution in [0.3, 0.4) is 0 Å². The van der Waals surface area contributed by atoms with E-state index in [0.29, 0.717) is 5.69 Å². The van der Waals surface area contributed by atoms with Crippen LogP contribution in [0.15, 0.2) is 76.6 Å². The summed E-state index contributed by atoms with van der Waals surface area (Å²) in [6.45, 7) is 5.17. The Hall–Kier alpha value is -2.99. The van der Waals surface area contributed by atoms with Gasteiger partial charge in [0.15, 0.2) is 0 Å². The standard InChI is InChI=1S/C24H29N5O4S2/c1-4-13-27-15-17(2)28-16-22(34-3)26-29(28)23(27)14-18-9-11-19(12-10-18)25-24(30)20-7-5-6-8-21(20)35(31,32)33/h5-12,15-16,23,26H,4,13-14H2,1-3H3,(H,25,30)(H,31,32,33). The Labute approximate surface area is 210 Å². The van der Waals surface area contributed by atoms with E-state index in [4.69, 9.17) is 0 Å². The first kappa shape index (κ1) is 25.1. The number of allylic oxidation sites excluding steroid dienone is 1. The van der Waals surface area contributed by atoms with Crippen LogP contribution in [0.1, 0.15) is 36.2 Å². The number of nitrogens with zero attached hydrogens (tertiary/aromatic N) is 3. The average Bonchev–Trinajstić information content (AvgIpc) is 3.27. The van der Waals surface area contributed by atoms with Crippen LogP contribution in [0.25, 0.3) is 0 Å². The number of benzene rings is 2. The molecule has 0 bridgehead atoms. The molecule has 186 valence electrons. The van der Waals surface area contributed by atoms with E-state index < -0.39 is 20.9 Å². The number of nitrogens with one attached hydrogen (secondary N) is 2. The number of thioether (sulfide) groups is 1. The fourth-order valence-electron chi connectivity index (χ4n) is 4.17. The van der Waals surface area contributed by atoms with E-state index in [1.807, 2.05) is 18.4 Å². The molecule has 1 atom stereocenters. The molecule has 0 aliphatic carbocycles. The van der Waals surface area contributed by atoms with Gasteiger partial charge in [0.05, 0.1) is 11.8 Å². The Morgan fingerprint density at radius 2 is 1.86 bits per heavy atom. The molecule has 0 saturated carbocycles. The molecule has 2 aromatic carbocycles. The van der Waals surface area contributed by atoms with Gasteiger partial charge in [-0.3, -0.25) is 19.8 Å². The van der Waals surface area contributed by atoms with Gasteiger partial charge in [0.25, 0.3) is 16.0 Å². The maximum Gasteiger partial charge on any atom is 0.295 e. The summed E-state index contributed by atoms with van der Waals surface area (Å²) < 4.78 is 32.6.